The Bertz CT molecular complexity index is 771. The Labute approximate surface area is 131 Å². The Morgan fingerprint density at radius 2 is 1.83 bits per heavy atom. The fourth-order valence-electron chi connectivity index (χ4n) is 2.12. The standard InChI is InChI=1S/C16H14F2N2O3/c1-22-13-7-8(11(18)6-9(13)16(21)23-2)15(20)14-10(17)4-3-5-12(14)19/h3-7,20H,19H2,1-2H3. The molecule has 0 aliphatic carbocycles. The second-order valence-corrected chi connectivity index (χ2v) is 4.60. The molecular weight excluding hydrogens is 306 g/mol. The second kappa shape index (κ2) is 6.43. The van der Waals surface area contributed by atoms with E-state index < -0.39 is 23.3 Å². The van der Waals surface area contributed by atoms with E-state index in [-0.39, 0.29) is 28.1 Å². The Hall–Kier alpha value is -2.96. The summed E-state index contributed by atoms with van der Waals surface area (Å²) in [5.41, 5.74) is 4.62. The van der Waals surface area contributed by atoms with Crippen molar-refractivity contribution in [2.45, 2.75) is 0 Å². The number of nitrogens with one attached hydrogen (secondary N) is 1. The SMILES string of the molecule is COC(=O)c1cc(F)c(C(=N)c2c(N)cccc2F)cc1OC. The first-order valence-electron chi connectivity index (χ1n) is 6.49. The first kappa shape index (κ1) is 16.4. The first-order chi connectivity index (χ1) is 10.9. The molecule has 0 amide bonds. The predicted octanol–water partition coefficient (Wildman–Crippen LogP) is 2.76. The number of halogens is 2. The third kappa shape index (κ3) is 2.98. The van der Waals surface area contributed by atoms with Crippen molar-refractivity contribution in [3.8, 4) is 5.75 Å². The van der Waals surface area contributed by atoms with Crippen molar-refractivity contribution in [2.75, 3.05) is 20.0 Å². The molecule has 2 aromatic carbocycles. The number of carbonyl (C=O) groups is 1. The van der Waals surface area contributed by atoms with Crippen LogP contribution >= 0.6 is 0 Å². The highest BCUT2D eigenvalue weighted by molar-refractivity contribution is 6.14. The van der Waals surface area contributed by atoms with E-state index in [0.717, 1.165) is 25.3 Å². The molecule has 23 heavy (non-hydrogen) atoms. The number of ether oxygens (including phenoxy) is 2. The molecule has 0 unspecified atom stereocenters. The Balaban J connectivity index is 2.60. The fraction of sp³-hybridized carbons (Fsp3) is 0.125. The quantitative estimate of drug-likeness (QED) is 0.515. The Morgan fingerprint density at radius 1 is 1.13 bits per heavy atom. The number of carbonyl (C=O) groups excluding carboxylic acids is 1. The van der Waals surface area contributed by atoms with Crippen LogP contribution in [0.15, 0.2) is 30.3 Å². The van der Waals surface area contributed by atoms with Crippen LogP contribution in [-0.2, 0) is 4.74 Å². The lowest BCUT2D eigenvalue weighted by Crippen LogP contribution is -2.12. The highest BCUT2D eigenvalue weighted by Gasteiger charge is 2.22. The van der Waals surface area contributed by atoms with Crippen molar-refractivity contribution in [2.24, 2.45) is 0 Å². The maximum absolute atomic E-state index is 14.3. The zero-order valence-corrected chi connectivity index (χ0v) is 12.4. The highest BCUT2D eigenvalue weighted by atomic mass is 19.1. The van der Waals surface area contributed by atoms with Crippen molar-refractivity contribution in [3.05, 3.63) is 58.7 Å². The largest absolute Gasteiger partial charge is 0.496 e. The molecule has 0 fully saturated rings. The number of rotatable bonds is 4. The summed E-state index contributed by atoms with van der Waals surface area (Å²) in [5.74, 6) is -2.42. The molecular formula is C16H14F2N2O3. The molecule has 0 atom stereocenters. The minimum absolute atomic E-state index is 0.00501. The average molecular weight is 320 g/mol. The molecule has 0 saturated heterocycles. The van der Waals surface area contributed by atoms with Gasteiger partial charge in [-0.3, -0.25) is 5.41 Å². The molecule has 0 aromatic heterocycles. The molecule has 2 aromatic rings. The summed E-state index contributed by atoms with van der Waals surface area (Å²) in [6, 6.07) is 5.93. The summed E-state index contributed by atoms with van der Waals surface area (Å²) in [6.45, 7) is 0. The van der Waals surface area contributed by atoms with Gasteiger partial charge in [0.25, 0.3) is 0 Å². The van der Waals surface area contributed by atoms with Gasteiger partial charge in [0.05, 0.1) is 25.5 Å². The van der Waals surface area contributed by atoms with E-state index in [4.69, 9.17) is 15.9 Å². The molecule has 0 spiro atoms. The van der Waals surface area contributed by atoms with Gasteiger partial charge in [0.1, 0.15) is 22.9 Å². The van der Waals surface area contributed by atoms with Crippen molar-refractivity contribution in [1.29, 1.82) is 5.41 Å². The summed E-state index contributed by atoms with van der Waals surface area (Å²) in [7, 11) is 2.43. The minimum atomic E-state index is -0.890. The van der Waals surface area contributed by atoms with Crippen molar-refractivity contribution in [1.82, 2.24) is 0 Å². The van der Waals surface area contributed by atoms with Gasteiger partial charge in [-0.25, -0.2) is 13.6 Å². The summed E-state index contributed by atoms with van der Waals surface area (Å²) in [4.78, 5) is 11.6. The van der Waals surface area contributed by atoms with Gasteiger partial charge in [-0.2, -0.15) is 0 Å². The van der Waals surface area contributed by atoms with E-state index in [1.54, 1.807) is 0 Å². The lowest BCUT2D eigenvalue weighted by molar-refractivity contribution is 0.0596. The maximum atomic E-state index is 14.3. The lowest BCUT2D eigenvalue weighted by Gasteiger charge is -2.13. The van der Waals surface area contributed by atoms with Gasteiger partial charge in [-0.05, 0) is 24.3 Å². The van der Waals surface area contributed by atoms with E-state index in [1.165, 1.54) is 19.2 Å². The zero-order chi connectivity index (χ0) is 17.1. The highest BCUT2D eigenvalue weighted by Crippen LogP contribution is 2.27. The number of nitrogens with two attached hydrogens (primary N) is 1. The van der Waals surface area contributed by atoms with Crippen LogP contribution in [0.2, 0.25) is 0 Å². The van der Waals surface area contributed by atoms with Crippen LogP contribution in [0.5, 0.6) is 5.75 Å². The van der Waals surface area contributed by atoms with Crippen LogP contribution < -0.4 is 10.5 Å². The van der Waals surface area contributed by atoms with Crippen molar-refractivity contribution >= 4 is 17.4 Å². The van der Waals surface area contributed by atoms with Gasteiger partial charge < -0.3 is 15.2 Å². The van der Waals surface area contributed by atoms with Gasteiger partial charge in [0.15, 0.2) is 0 Å². The number of methoxy groups -OCH3 is 2. The molecule has 3 N–H and O–H groups in total. The number of esters is 1. The maximum Gasteiger partial charge on any atom is 0.341 e. The monoisotopic (exact) mass is 320 g/mol. The number of anilines is 1. The summed E-state index contributed by atoms with van der Waals surface area (Å²) >= 11 is 0. The molecule has 2 rings (SSSR count). The lowest BCUT2D eigenvalue weighted by atomic mass is 9.98. The number of benzene rings is 2. The fourth-order valence-corrected chi connectivity index (χ4v) is 2.12. The molecule has 5 nitrogen and oxygen atoms in total. The van der Waals surface area contributed by atoms with E-state index in [0.29, 0.717) is 0 Å². The van der Waals surface area contributed by atoms with Gasteiger partial charge in [-0.15, -0.1) is 0 Å². The number of nitrogen functional groups attached to an aromatic ring is 1. The summed E-state index contributed by atoms with van der Waals surface area (Å²) in [6.07, 6.45) is 0. The Kier molecular flexibility index (Phi) is 4.59. The molecule has 0 bridgehead atoms. The van der Waals surface area contributed by atoms with E-state index in [9.17, 15) is 13.6 Å². The molecule has 120 valence electrons. The van der Waals surface area contributed by atoms with Crippen molar-refractivity contribution in [3.63, 3.8) is 0 Å². The normalized spacial score (nSPS) is 10.3. The Morgan fingerprint density at radius 3 is 2.39 bits per heavy atom. The van der Waals surface area contributed by atoms with E-state index in [1.807, 2.05) is 0 Å². The predicted molar refractivity (Wildman–Crippen MR) is 81.0 cm³/mol. The van der Waals surface area contributed by atoms with Crippen LogP contribution in [0.25, 0.3) is 0 Å². The van der Waals surface area contributed by atoms with Crippen LogP contribution in [0, 0.1) is 17.0 Å². The van der Waals surface area contributed by atoms with Gasteiger partial charge in [-0.1, -0.05) is 6.07 Å². The van der Waals surface area contributed by atoms with E-state index in [2.05, 4.69) is 4.74 Å². The minimum Gasteiger partial charge on any atom is -0.496 e. The smallest absolute Gasteiger partial charge is 0.341 e. The molecule has 7 heteroatoms. The molecule has 0 radical (unpaired) electrons. The van der Waals surface area contributed by atoms with Crippen LogP contribution in [0.3, 0.4) is 0 Å². The average Bonchev–Trinajstić information content (AvgIpc) is 2.53. The third-order valence-corrected chi connectivity index (χ3v) is 3.26. The number of hydrogen-bond donors (Lipinski definition) is 2. The molecule has 0 saturated carbocycles. The molecule has 0 aliphatic rings. The van der Waals surface area contributed by atoms with Crippen LogP contribution in [0.1, 0.15) is 21.5 Å². The topological polar surface area (TPSA) is 85.4 Å². The molecule has 0 aliphatic heterocycles. The zero-order valence-electron chi connectivity index (χ0n) is 12.4. The first-order valence-corrected chi connectivity index (χ1v) is 6.49. The van der Waals surface area contributed by atoms with Crippen LogP contribution in [-0.4, -0.2) is 25.9 Å². The molecule has 0 heterocycles. The van der Waals surface area contributed by atoms with Gasteiger partial charge in [0, 0.05) is 11.3 Å². The van der Waals surface area contributed by atoms with Gasteiger partial charge in [0.2, 0.25) is 0 Å². The summed E-state index contributed by atoms with van der Waals surface area (Å²) < 4.78 is 37.8. The number of hydrogen-bond acceptors (Lipinski definition) is 5. The third-order valence-electron chi connectivity index (χ3n) is 3.26. The van der Waals surface area contributed by atoms with Crippen molar-refractivity contribution < 1.29 is 23.0 Å². The van der Waals surface area contributed by atoms with Crippen LogP contribution in [0.4, 0.5) is 14.5 Å². The summed E-state index contributed by atoms with van der Waals surface area (Å²) in [5, 5.41) is 8.06. The van der Waals surface area contributed by atoms with Gasteiger partial charge >= 0.3 is 5.97 Å². The second-order valence-electron chi connectivity index (χ2n) is 4.60. The van der Waals surface area contributed by atoms with E-state index >= 15 is 0 Å².